The molecule has 2 saturated heterocycles. The van der Waals surface area contributed by atoms with Crippen molar-refractivity contribution in [2.24, 2.45) is 5.73 Å². The number of Topliss-reactive ketones (excluding diaryl/α,β-unsaturated/α-hetero) is 1. The fourth-order valence-corrected chi connectivity index (χ4v) is 5.81. The molecule has 44 heavy (non-hydrogen) atoms. The van der Waals surface area contributed by atoms with Gasteiger partial charge in [0.25, 0.3) is 0 Å². The minimum Gasteiger partial charge on any atom is -0.475 e. The SMILES string of the molecule is N=C(N)NCCC[C@H](NC(=O)[C@@H]1CC[C@H]2CN(C(=O)CCc3ccccc3)CCN21)C(=O)c1nccs1.O=C(O)C(F)(F)F. The molecular formula is C28H36F3N7O5S. The van der Waals surface area contributed by atoms with Gasteiger partial charge in [-0.2, -0.15) is 13.2 Å². The highest BCUT2D eigenvalue weighted by Gasteiger charge is 2.42. The number of aromatic nitrogens is 1. The Morgan fingerprint density at radius 2 is 1.86 bits per heavy atom. The standard InChI is InChI=1S/C26H35N7O3S.C2HF3O2/c27-26(28)30-12-4-7-20(23(35)25-29-13-16-37-25)31-24(36)21-10-9-19-17-32(14-15-33(19)21)22(34)11-8-18-5-2-1-3-6-18;3-2(4,5)1(6)7/h1-3,5-6,13,16,19-21H,4,7-12,14-15,17H2,(H,31,36)(H4,27,28,30);(H,6,7)/t19-,20-,21-;/m0./s1. The van der Waals surface area contributed by atoms with E-state index in [-0.39, 0.29) is 35.6 Å². The van der Waals surface area contributed by atoms with Crippen molar-refractivity contribution in [3.63, 3.8) is 0 Å². The number of nitrogens with zero attached hydrogens (tertiary/aromatic N) is 3. The Labute approximate surface area is 256 Å². The highest BCUT2D eigenvalue weighted by atomic mass is 32.1. The van der Waals surface area contributed by atoms with E-state index < -0.39 is 18.2 Å². The predicted molar refractivity (Wildman–Crippen MR) is 156 cm³/mol. The van der Waals surface area contributed by atoms with Crippen LogP contribution < -0.4 is 16.4 Å². The van der Waals surface area contributed by atoms with Crippen molar-refractivity contribution in [3.8, 4) is 0 Å². The number of nitrogens with two attached hydrogens (primary N) is 1. The number of thiazole rings is 1. The zero-order valence-corrected chi connectivity index (χ0v) is 24.7. The number of rotatable bonds is 11. The van der Waals surface area contributed by atoms with Gasteiger partial charge in [-0.15, -0.1) is 11.3 Å². The number of halogens is 3. The maximum absolute atomic E-state index is 13.3. The lowest BCUT2D eigenvalue weighted by molar-refractivity contribution is -0.192. The van der Waals surface area contributed by atoms with E-state index >= 15 is 0 Å². The molecule has 2 amide bonds. The van der Waals surface area contributed by atoms with E-state index in [1.165, 1.54) is 11.3 Å². The number of hydrogen-bond acceptors (Lipinski definition) is 8. The average molecular weight is 640 g/mol. The molecule has 4 rings (SSSR count). The number of nitrogens with one attached hydrogen (secondary N) is 3. The summed E-state index contributed by atoms with van der Waals surface area (Å²) in [6.45, 7) is 2.33. The van der Waals surface area contributed by atoms with Crippen molar-refractivity contribution in [1.82, 2.24) is 25.4 Å². The van der Waals surface area contributed by atoms with Gasteiger partial charge in [-0.3, -0.25) is 24.7 Å². The number of guanidine groups is 1. The molecule has 6 N–H and O–H groups in total. The van der Waals surface area contributed by atoms with Gasteiger partial charge >= 0.3 is 12.1 Å². The number of ketones is 1. The zero-order valence-electron chi connectivity index (χ0n) is 23.9. The Morgan fingerprint density at radius 1 is 1.16 bits per heavy atom. The average Bonchev–Trinajstić information content (AvgIpc) is 3.68. The first-order valence-corrected chi connectivity index (χ1v) is 14.9. The summed E-state index contributed by atoms with van der Waals surface area (Å²) in [5.74, 6) is -3.07. The summed E-state index contributed by atoms with van der Waals surface area (Å²) in [5.41, 5.74) is 6.50. The molecule has 2 fully saturated rings. The van der Waals surface area contributed by atoms with E-state index in [9.17, 15) is 27.6 Å². The van der Waals surface area contributed by atoms with Gasteiger partial charge in [-0.05, 0) is 37.7 Å². The molecular weight excluding hydrogens is 603 g/mol. The van der Waals surface area contributed by atoms with E-state index in [0.717, 1.165) is 18.4 Å². The van der Waals surface area contributed by atoms with E-state index in [1.807, 2.05) is 35.2 Å². The topological polar surface area (TPSA) is 182 Å². The smallest absolute Gasteiger partial charge is 0.475 e. The summed E-state index contributed by atoms with van der Waals surface area (Å²) in [4.78, 5) is 56.3. The van der Waals surface area contributed by atoms with E-state index in [1.54, 1.807) is 11.6 Å². The number of carboxylic acids is 1. The first-order valence-electron chi connectivity index (χ1n) is 14.1. The number of carboxylic acid groups (broad SMARTS) is 1. The largest absolute Gasteiger partial charge is 0.490 e. The molecule has 16 heteroatoms. The molecule has 240 valence electrons. The molecule has 0 aliphatic carbocycles. The number of carbonyl (C=O) groups is 4. The number of aliphatic carboxylic acids is 1. The molecule has 1 aromatic carbocycles. The summed E-state index contributed by atoms with van der Waals surface area (Å²) in [5, 5.41) is 22.2. The maximum atomic E-state index is 13.3. The predicted octanol–water partition coefficient (Wildman–Crippen LogP) is 2.02. The highest BCUT2D eigenvalue weighted by molar-refractivity contribution is 7.11. The van der Waals surface area contributed by atoms with Crippen molar-refractivity contribution in [2.75, 3.05) is 26.2 Å². The monoisotopic (exact) mass is 639 g/mol. The molecule has 0 unspecified atom stereocenters. The lowest BCUT2D eigenvalue weighted by Crippen LogP contribution is -2.57. The Bertz CT molecular complexity index is 1280. The van der Waals surface area contributed by atoms with Gasteiger partial charge in [0, 0.05) is 50.2 Å². The van der Waals surface area contributed by atoms with Crippen LogP contribution in [0.4, 0.5) is 13.2 Å². The second-order valence-electron chi connectivity index (χ2n) is 10.4. The van der Waals surface area contributed by atoms with E-state index in [4.69, 9.17) is 21.0 Å². The van der Waals surface area contributed by atoms with Gasteiger partial charge in [0.15, 0.2) is 11.0 Å². The molecule has 0 radical (unpaired) electrons. The van der Waals surface area contributed by atoms with Crippen LogP contribution in [-0.2, 0) is 20.8 Å². The fourth-order valence-electron chi connectivity index (χ4n) is 5.18. The molecule has 2 aromatic rings. The number of carbonyl (C=O) groups excluding carboxylic acids is 3. The van der Waals surface area contributed by atoms with Crippen molar-refractivity contribution in [3.05, 3.63) is 52.5 Å². The molecule has 2 aliphatic rings. The lowest BCUT2D eigenvalue weighted by atomic mass is 10.1. The van der Waals surface area contributed by atoms with Crippen molar-refractivity contribution < 1.29 is 37.5 Å². The molecule has 0 spiro atoms. The minimum atomic E-state index is -5.08. The zero-order chi connectivity index (χ0) is 32.3. The molecule has 3 heterocycles. The molecule has 3 atom stereocenters. The molecule has 1 aromatic heterocycles. The number of benzene rings is 1. The van der Waals surface area contributed by atoms with Crippen LogP contribution in [0.3, 0.4) is 0 Å². The quantitative estimate of drug-likeness (QED) is 0.106. The second-order valence-corrected chi connectivity index (χ2v) is 11.3. The third-order valence-corrected chi connectivity index (χ3v) is 8.12. The molecule has 2 aliphatic heterocycles. The summed E-state index contributed by atoms with van der Waals surface area (Å²) in [7, 11) is 0. The van der Waals surface area contributed by atoms with Crippen LogP contribution in [0.1, 0.15) is 47.5 Å². The summed E-state index contributed by atoms with van der Waals surface area (Å²) in [6, 6.07) is 9.18. The summed E-state index contributed by atoms with van der Waals surface area (Å²) < 4.78 is 31.7. The van der Waals surface area contributed by atoms with Crippen LogP contribution in [0.2, 0.25) is 0 Å². The number of amides is 2. The van der Waals surface area contributed by atoms with Crippen LogP contribution in [0.15, 0.2) is 41.9 Å². The highest BCUT2D eigenvalue weighted by Crippen LogP contribution is 2.28. The van der Waals surface area contributed by atoms with Crippen LogP contribution in [-0.4, -0.2) is 99.9 Å². The van der Waals surface area contributed by atoms with E-state index in [2.05, 4.69) is 20.5 Å². The van der Waals surface area contributed by atoms with Gasteiger partial charge in [0.1, 0.15) is 0 Å². The van der Waals surface area contributed by atoms with Crippen LogP contribution in [0.25, 0.3) is 0 Å². The van der Waals surface area contributed by atoms with Gasteiger partial charge in [0.05, 0.1) is 12.1 Å². The number of fused-ring (bicyclic) bond motifs is 1. The van der Waals surface area contributed by atoms with Crippen LogP contribution >= 0.6 is 11.3 Å². The number of piperazine rings is 1. The second kappa shape index (κ2) is 16.1. The Balaban J connectivity index is 0.000000676. The maximum Gasteiger partial charge on any atom is 0.490 e. The lowest BCUT2D eigenvalue weighted by Gasteiger charge is -2.40. The normalized spacial score (nSPS) is 18.8. The first-order chi connectivity index (χ1) is 20.9. The molecule has 12 nitrogen and oxygen atoms in total. The van der Waals surface area contributed by atoms with Crippen molar-refractivity contribution in [2.45, 2.75) is 62.8 Å². The number of aryl methyl sites for hydroxylation is 1. The Hall–Kier alpha value is -4.05. The number of hydrogen-bond donors (Lipinski definition) is 5. The van der Waals surface area contributed by atoms with Crippen LogP contribution in [0, 0.1) is 5.41 Å². The Kier molecular flexibility index (Phi) is 12.6. The fraction of sp³-hybridized carbons (Fsp3) is 0.500. The molecule has 0 bridgehead atoms. The van der Waals surface area contributed by atoms with Gasteiger partial charge in [0.2, 0.25) is 17.6 Å². The Morgan fingerprint density at radius 3 is 2.48 bits per heavy atom. The minimum absolute atomic E-state index is 0.124. The summed E-state index contributed by atoms with van der Waals surface area (Å²) >= 11 is 1.26. The van der Waals surface area contributed by atoms with Gasteiger partial charge < -0.3 is 26.4 Å². The van der Waals surface area contributed by atoms with Crippen molar-refractivity contribution >= 4 is 40.9 Å². The van der Waals surface area contributed by atoms with Gasteiger partial charge in [-0.1, -0.05) is 30.3 Å². The van der Waals surface area contributed by atoms with Gasteiger partial charge in [-0.25, -0.2) is 9.78 Å². The third-order valence-electron chi connectivity index (χ3n) is 7.33. The third kappa shape index (κ3) is 10.3. The van der Waals surface area contributed by atoms with Crippen LogP contribution in [0.5, 0.6) is 0 Å². The molecule has 0 saturated carbocycles. The van der Waals surface area contributed by atoms with E-state index in [0.29, 0.717) is 56.9 Å². The summed E-state index contributed by atoms with van der Waals surface area (Å²) in [6.07, 6.45) is 0.242. The van der Waals surface area contributed by atoms with Crippen molar-refractivity contribution in [1.29, 1.82) is 5.41 Å². The number of alkyl halides is 3. The first kappa shape index (κ1) is 34.4.